The molecule has 1 heterocycles. The molecule has 0 bridgehead atoms. The van der Waals surface area contributed by atoms with Crippen LogP contribution in [0.15, 0.2) is 18.5 Å². The Labute approximate surface area is 62.8 Å². The molecule has 1 rings (SSSR count). The van der Waals surface area contributed by atoms with Gasteiger partial charge in [0.05, 0.1) is 5.56 Å². The van der Waals surface area contributed by atoms with Crippen molar-refractivity contribution in [1.82, 2.24) is 3.97 Å². The number of rotatable bonds is 2. The van der Waals surface area contributed by atoms with Gasteiger partial charge in [-0.2, -0.15) is 0 Å². The summed E-state index contributed by atoms with van der Waals surface area (Å²) in [6, 6.07) is 1.57. The first-order valence-electron chi connectivity index (χ1n) is 2.70. The Hall–Kier alpha value is -0.900. The SMILES string of the molecule is CSn1ccc(C(=O)O)c1. The second-order valence-electron chi connectivity index (χ2n) is 1.75. The molecular formula is C6H7NO2S. The van der Waals surface area contributed by atoms with Crippen molar-refractivity contribution in [3.05, 3.63) is 24.0 Å². The summed E-state index contributed by atoms with van der Waals surface area (Å²) in [7, 11) is 0. The smallest absolute Gasteiger partial charge is 0.337 e. The average molecular weight is 157 g/mol. The summed E-state index contributed by atoms with van der Waals surface area (Å²) < 4.78 is 1.74. The van der Waals surface area contributed by atoms with Crippen LogP contribution in [0.3, 0.4) is 0 Å². The van der Waals surface area contributed by atoms with E-state index in [0.29, 0.717) is 5.56 Å². The molecule has 10 heavy (non-hydrogen) atoms. The molecule has 0 saturated carbocycles. The van der Waals surface area contributed by atoms with Crippen molar-refractivity contribution in [2.24, 2.45) is 0 Å². The van der Waals surface area contributed by atoms with E-state index in [-0.39, 0.29) is 0 Å². The van der Waals surface area contributed by atoms with E-state index in [2.05, 4.69) is 0 Å². The molecule has 0 saturated heterocycles. The number of carboxylic acid groups (broad SMARTS) is 1. The van der Waals surface area contributed by atoms with Gasteiger partial charge < -0.3 is 5.11 Å². The highest BCUT2D eigenvalue weighted by molar-refractivity contribution is 7.97. The summed E-state index contributed by atoms with van der Waals surface area (Å²) in [5.41, 5.74) is 0.328. The predicted octanol–water partition coefficient (Wildman–Crippen LogP) is 1.31. The Balaban J connectivity index is 2.88. The molecule has 0 unspecified atom stereocenters. The van der Waals surface area contributed by atoms with Gasteiger partial charge in [-0.1, -0.05) is 0 Å². The average Bonchev–Trinajstić information content (AvgIpc) is 2.34. The van der Waals surface area contributed by atoms with Crippen molar-refractivity contribution < 1.29 is 9.90 Å². The third-order valence-corrected chi connectivity index (χ3v) is 1.77. The van der Waals surface area contributed by atoms with Crippen LogP contribution < -0.4 is 0 Å². The fourth-order valence-electron chi connectivity index (χ4n) is 0.617. The maximum absolute atomic E-state index is 10.3. The monoisotopic (exact) mass is 157 g/mol. The second-order valence-corrected chi connectivity index (χ2v) is 2.53. The van der Waals surface area contributed by atoms with E-state index >= 15 is 0 Å². The molecular weight excluding hydrogens is 150 g/mol. The van der Waals surface area contributed by atoms with E-state index in [4.69, 9.17) is 5.11 Å². The fourth-order valence-corrected chi connectivity index (χ4v) is 1.02. The summed E-state index contributed by atoms with van der Waals surface area (Å²) >= 11 is 1.46. The molecule has 1 N–H and O–H groups in total. The number of carbonyl (C=O) groups is 1. The molecule has 0 fully saturated rings. The topological polar surface area (TPSA) is 42.2 Å². The number of aromatic nitrogens is 1. The summed E-state index contributed by atoms with van der Waals surface area (Å²) in [6.07, 6.45) is 5.17. The van der Waals surface area contributed by atoms with Gasteiger partial charge in [-0.25, -0.2) is 4.79 Å². The van der Waals surface area contributed by atoms with Gasteiger partial charge in [0.15, 0.2) is 0 Å². The quantitative estimate of drug-likeness (QED) is 0.703. The first-order chi connectivity index (χ1) is 4.74. The number of nitrogens with zero attached hydrogens (tertiary/aromatic N) is 1. The van der Waals surface area contributed by atoms with Crippen molar-refractivity contribution in [3.63, 3.8) is 0 Å². The molecule has 54 valence electrons. The van der Waals surface area contributed by atoms with Crippen molar-refractivity contribution >= 4 is 17.9 Å². The minimum absolute atomic E-state index is 0.328. The van der Waals surface area contributed by atoms with Gasteiger partial charge in [-0.15, -0.1) is 0 Å². The van der Waals surface area contributed by atoms with Crippen LogP contribution in [0.2, 0.25) is 0 Å². The van der Waals surface area contributed by atoms with Crippen LogP contribution in [0.25, 0.3) is 0 Å². The molecule has 0 atom stereocenters. The van der Waals surface area contributed by atoms with Gasteiger partial charge in [0, 0.05) is 18.6 Å². The normalized spacial score (nSPS) is 9.70. The van der Waals surface area contributed by atoms with Gasteiger partial charge in [0.1, 0.15) is 0 Å². The van der Waals surface area contributed by atoms with Crippen LogP contribution in [0.5, 0.6) is 0 Å². The minimum atomic E-state index is -0.882. The number of hydrogen-bond acceptors (Lipinski definition) is 2. The van der Waals surface area contributed by atoms with Crippen molar-refractivity contribution in [1.29, 1.82) is 0 Å². The number of aromatic carboxylic acids is 1. The Morgan fingerprint density at radius 1 is 1.80 bits per heavy atom. The van der Waals surface area contributed by atoms with Gasteiger partial charge in [0.25, 0.3) is 0 Å². The van der Waals surface area contributed by atoms with Crippen LogP contribution in [0, 0.1) is 0 Å². The Morgan fingerprint density at radius 2 is 2.50 bits per heavy atom. The second kappa shape index (κ2) is 2.79. The lowest BCUT2D eigenvalue weighted by Crippen LogP contribution is -1.92. The molecule has 1 aromatic rings. The van der Waals surface area contributed by atoms with E-state index < -0.39 is 5.97 Å². The minimum Gasteiger partial charge on any atom is -0.478 e. The van der Waals surface area contributed by atoms with Crippen molar-refractivity contribution in [2.45, 2.75) is 0 Å². The molecule has 1 aromatic heterocycles. The Morgan fingerprint density at radius 3 is 2.80 bits per heavy atom. The highest BCUT2D eigenvalue weighted by Gasteiger charge is 2.02. The predicted molar refractivity (Wildman–Crippen MR) is 40.3 cm³/mol. The van der Waals surface area contributed by atoms with Crippen molar-refractivity contribution in [3.8, 4) is 0 Å². The Bertz CT molecular complexity index is 244. The zero-order chi connectivity index (χ0) is 7.56. The van der Waals surface area contributed by atoms with Crippen LogP contribution in [0.4, 0.5) is 0 Å². The molecule has 0 radical (unpaired) electrons. The third-order valence-electron chi connectivity index (χ3n) is 1.13. The first kappa shape index (κ1) is 7.21. The molecule has 4 heteroatoms. The first-order valence-corrected chi connectivity index (χ1v) is 3.88. The van der Waals surface area contributed by atoms with Gasteiger partial charge in [-0.3, -0.25) is 3.97 Å². The van der Waals surface area contributed by atoms with E-state index in [1.54, 1.807) is 22.4 Å². The van der Waals surface area contributed by atoms with Crippen LogP contribution >= 0.6 is 11.9 Å². The lowest BCUT2D eigenvalue weighted by Gasteiger charge is -1.90. The fraction of sp³-hybridized carbons (Fsp3) is 0.167. The summed E-state index contributed by atoms with van der Waals surface area (Å²) in [5, 5.41) is 8.47. The zero-order valence-corrected chi connectivity index (χ0v) is 6.26. The van der Waals surface area contributed by atoms with E-state index in [9.17, 15) is 4.79 Å². The summed E-state index contributed by atoms with van der Waals surface area (Å²) in [5.74, 6) is -0.882. The Kier molecular flexibility index (Phi) is 2.01. The highest BCUT2D eigenvalue weighted by Crippen LogP contribution is 2.06. The highest BCUT2D eigenvalue weighted by atomic mass is 32.2. The lowest BCUT2D eigenvalue weighted by atomic mass is 10.4. The molecule has 0 amide bonds. The molecule has 0 aliphatic carbocycles. The van der Waals surface area contributed by atoms with Gasteiger partial charge in [-0.05, 0) is 18.0 Å². The van der Waals surface area contributed by atoms with E-state index in [1.807, 2.05) is 6.26 Å². The van der Waals surface area contributed by atoms with E-state index in [1.165, 1.54) is 11.9 Å². The molecule has 0 spiro atoms. The van der Waals surface area contributed by atoms with Crippen LogP contribution in [0.1, 0.15) is 10.4 Å². The molecule has 0 aliphatic heterocycles. The number of hydrogen-bond donors (Lipinski definition) is 1. The maximum atomic E-state index is 10.3. The summed E-state index contributed by atoms with van der Waals surface area (Å²) in [6.45, 7) is 0. The van der Waals surface area contributed by atoms with Gasteiger partial charge in [0.2, 0.25) is 0 Å². The van der Waals surface area contributed by atoms with E-state index in [0.717, 1.165) is 0 Å². The molecule has 3 nitrogen and oxygen atoms in total. The van der Waals surface area contributed by atoms with Crippen molar-refractivity contribution in [2.75, 3.05) is 6.26 Å². The molecule has 0 aromatic carbocycles. The standard InChI is InChI=1S/C6H7NO2S/c1-10-7-3-2-5(4-7)6(8)9/h2-4H,1H3,(H,8,9). The van der Waals surface area contributed by atoms with Crippen LogP contribution in [-0.4, -0.2) is 21.3 Å². The zero-order valence-electron chi connectivity index (χ0n) is 5.44. The summed E-state index contributed by atoms with van der Waals surface area (Å²) in [4.78, 5) is 10.3. The molecule has 0 aliphatic rings. The lowest BCUT2D eigenvalue weighted by molar-refractivity contribution is 0.0697. The number of carboxylic acids is 1. The van der Waals surface area contributed by atoms with Gasteiger partial charge >= 0.3 is 5.97 Å². The van der Waals surface area contributed by atoms with Crippen LogP contribution in [-0.2, 0) is 0 Å². The third kappa shape index (κ3) is 1.33. The maximum Gasteiger partial charge on any atom is 0.337 e. The largest absolute Gasteiger partial charge is 0.478 e.